The first kappa shape index (κ1) is 5.58. The molecule has 0 aromatic carbocycles. The fourth-order valence-electron chi connectivity index (χ4n) is 1.48. The van der Waals surface area contributed by atoms with Crippen LogP contribution in [0.3, 0.4) is 0 Å². The summed E-state index contributed by atoms with van der Waals surface area (Å²) in [5.74, 6) is -0.217. The summed E-state index contributed by atoms with van der Waals surface area (Å²) in [4.78, 5) is 21.0. The van der Waals surface area contributed by atoms with Gasteiger partial charge in [0.2, 0.25) is 0 Å². The van der Waals surface area contributed by atoms with Gasteiger partial charge < -0.3 is 0 Å². The zero-order chi connectivity index (χ0) is 7.14. The molecule has 1 amide bonds. The highest BCUT2D eigenvalue weighted by Crippen LogP contribution is 2.32. The lowest BCUT2D eigenvalue weighted by molar-refractivity contribution is -0.131. The Kier molecular flexibility index (Phi) is 0.922. The Morgan fingerprint density at radius 2 is 2.40 bits per heavy atom. The van der Waals surface area contributed by atoms with Crippen LogP contribution in [0.15, 0.2) is 17.4 Å². The average Bonchev–Trinajstić information content (AvgIpc) is 2.46. The predicted molar refractivity (Wildman–Crippen MR) is 33.7 cm³/mol. The van der Waals surface area contributed by atoms with Crippen LogP contribution >= 0.6 is 0 Å². The average molecular weight is 138 g/mol. The maximum Gasteiger partial charge on any atom is 0.252 e. The van der Waals surface area contributed by atoms with E-state index in [1.807, 2.05) is 12.2 Å². The van der Waals surface area contributed by atoms with E-state index in [0.717, 1.165) is 11.4 Å². The summed E-state index contributed by atoms with van der Waals surface area (Å²) in [6, 6.07) is -0.0463. The molecule has 1 aliphatic carbocycles. The summed E-state index contributed by atoms with van der Waals surface area (Å²) in [6.45, 7) is 0. The van der Waals surface area contributed by atoms with Crippen molar-refractivity contribution in [2.45, 2.75) is 12.5 Å². The molecule has 10 heavy (non-hydrogen) atoms. The molecule has 0 saturated carbocycles. The maximum atomic E-state index is 11.0. The second-order valence-electron chi connectivity index (χ2n) is 2.56. The first-order valence-corrected chi connectivity index (χ1v) is 3.17. The van der Waals surface area contributed by atoms with Crippen molar-refractivity contribution in [2.24, 2.45) is 11.2 Å². The summed E-state index contributed by atoms with van der Waals surface area (Å²) < 4.78 is 0. The quantitative estimate of drug-likeness (QED) is 0.390. The van der Waals surface area contributed by atoms with Crippen molar-refractivity contribution in [3.63, 3.8) is 0 Å². The zero-order valence-electron chi connectivity index (χ0n) is 5.23. The standard InChI is InChI=1S/C6H6N2O2/c9-6-4-1-2-5(3-4)8(6)7-10/h1-2,4-5H,3H2. The van der Waals surface area contributed by atoms with Crippen molar-refractivity contribution >= 4 is 5.91 Å². The minimum atomic E-state index is -0.150. The fourth-order valence-corrected chi connectivity index (χ4v) is 1.48. The summed E-state index contributed by atoms with van der Waals surface area (Å²) in [5, 5.41) is 3.65. The summed E-state index contributed by atoms with van der Waals surface area (Å²) in [7, 11) is 0. The van der Waals surface area contributed by atoms with Gasteiger partial charge in [-0.15, -0.1) is 4.91 Å². The predicted octanol–water partition coefficient (Wildman–Crippen LogP) is 0.455. The molecule has 2 aliphatic rings. The number of rotatable bonds is 1. The molecule has 1 aliphatic heterocycles. The molecule has 1 saturated heterocycles. The number of amides is 1. The number of nitroso groups, excluding NO2 is 1. The molecule has 1 heterocycles. The van der Waals surface area contributed by atoms with Crippen LogP contribution in [0.4, 0.5) is 0 Å². The fraction of sp³-hybridized carbons (Fsp3) is 0.500. The van der Waals surface area contributed by atoms with Gasteiger partial charge in [0.25, 0.3) is 5.91 Å². The van der Waals surface area contributed by atoms with Crippen molar-refractivity contribution in [3.05, 3.63) is 17.1 Å². The van der Waals surface area contributed by atoms with Crippen LogP contribution in [0.25, 0.3) is 0 Å². The molecule has 4 heteroatoms. The molecular formula is C6H6N2O2. The third-order valence-corrected chi connectivity index (χ3v) is 2.01. The third-order valence-electron chi connectivity index (χ3n) is 2.01. The van der Waals surface area contributed by atoms with Gasteiger partial charge in [0, 0.05) is 0 Å². The number of fused-ring (bicyclic) bond motifs is 2. The largest absolute Gasteiger partial charge is 0.272 e. The highest BCUT2D eigenvalue weighted by atomic mass is 16.3. The molecule has 2 unspecified atom stereocenters. The lowest BCUT2D eigenvalue weighted by Crippen LogP contribution is -2.28. The highest BCUT2D eigenvalue weighted by molar-refractivity contribution is 5.84. The van der Waals surface area contributed by atoms with Crippen molar-refractivity contribution in [3.8, 4) is 0 Å². The zero-order valence-corrected chi connectivity index (χ0v) is 5.23. The Hall–Kier alpha value is -1.19. The molecule has 4 nitrogen and oxygen atoms in total. The van der Waals surface area contributed by atoms with Crippen molar-refractivity contribution < 1.29 is 4.79 Å². The number of carbonyl (C=O) groups excluding carboxylic acids is 1. The Bertz CT molecular complexity index is 224. The van der Waals surface area contributed by atoms with Gasteiger partial charge in [-0.2, -0.15) is 5.01 Å². The maximum absolute atomic E-state index is 11.0. The van der Waals surface area contributed by atoms with Crippen LogP contribution in [0.2, 0.25) is 0 Å². The van der Waals surface area contributed by atoms with Crippen LogP contribution in [0, 0.1) is 10.8 Å². The van der Waals surface area contributed by atoms with Crippen LogP contribution in [-0.2, 0) is 4.79 Å². The third kappa shape index (κ3) is 0.483. The Labute approximate surface area is 57.4 Å². The van der Waals surface area contributed by atoms with E-state index in [1.165, 1.54) is 0 Å². The molecule has 52 valence electrons. The lowest BCUT2D eigenvalue weighted by atomic mass is 10.1. The first-order chi connectivity index (χ1) is 4.83. The normalized spacial score (nSPS) is 35.6. The van der Waals surface area contributed by atoms with Gasteiger partial charge in [-0.1, -0.05) is 12.2 Å². The van der Waals surface area contributed by atoms with Crippen LogP contribution in [-0.4, -0.2) is 17.0 Å². The molecule has 2 rings (SSSR count). The molecule has 2 bridgehead atoms. The van der Waals surface area contributed by atoms with Gasteiger partial charge in [-0.25, -0.2) is 0 Å². The molecule has 0 N–H and O–H groups in total. The topological polar surface area (TPSA) is 49.7 Å². The number of hydrogen-bond acceptors (Lipinski definition) is 3. The molecule has 0 aromatic rings. The minimum Gasteiger partial charge on any atom is -0.272 e. The molecule has 0 radical (unpaired) electrons. The van der Waals surface area contributed by atoms with E-state index in [1.54, 1.807) is 0 Å². The number of carbonyl (C=O) groups is 1. The summed E-state index contributed by atoms with van der Waals surface area (Å²) in [5.41, 5.74) is 0. The number of hydrogen-bond donors (Lipinski definition) is 0. The van der Waals surface area contributed by atoms with E-state index >= 15 is 0 Å². The second-order valence-corrected chi connectivity index (χ2v) is 2.56. The molecule has 2 atom stereocenters. The molecular weight excluding hydrogens is 132 g/mol. The lowest BCUT2D eigenvalue weighted by Gasteiger charge is -2.12. The van der Waals surface area contributed by atoms with E-state index in [4.69, 9.17) is 0 Å². The molecule has 1 fully saturated rings. The highest BCUT2D eigenvalue weighted by Gasteiger charge is 2.42. The van der Waals surface area contributed by atoms with Gasteiger partial charge >= 0.3 is 0 Å². The molecule has 0 aromatic heterocycles. The van der Waals surface area contributed by atoms with E-state index in [-0.39, 0.29) is 17.9 Å². The summed E-state index contributed by atoms with van der Waals surface area (Å²) in [6.07, 6.45) is 4.44. The Morgan fingerprint density at radius 3 is 2.80 bits per heavy atom. The van der Waals surface area contributed by atoms with Crippen LogP contribution in [0.1, 0.15) is 6.42 Å². The van der Waals surface area contributed by atoms with Crippen molar-refractivity contribution in [1.29, 1.82) is 0 Å². The minimum absolute atomic E-state index is 0.0463. The Morgan fingerprint density at radius 1 is 1.60 bits per heavy atom. The second kappa shape index (κ2) is 1.65. The van der Waals surface area contributed by atoms with Crippen LogP contribution in [0.5, 0.6) is 0 Å². The van der Waals surface area contributed by atoms with E-state index < -0.39 is 0 Å². The van der Waals surface area contributed by atoms with Gasteiger partial charge in [0.05, 0.1) is 17.2 Å². The van der Waals surface area contributed by atoms with Gasteiger partial charge in [0.15, 0.2) is 0 Å². The smallest absolute Gasteiger partial charge is 0.252 e. The van der Waals surface area contributed by atoms with Crippen molar-refractivity contribution in [1.82, 2.24) is 5.01 Å². The Balaban J connectivity index is 2.33. The van der Waals surface area contributed by atoms with Crippen LogP contribution < -0.4 is 0 Å². The first-order valence-electron chi connectivity index (χ1n) is 3.17. The van der Waals surface area contributed by atoms with Gasteiger partial charge in [0.1, 0.15) is 0 Å². The van der Waals surface area contributed by atoms with E-state index in [0.29, 0.717) is 0 Å². The van der Waals surface area contributed by atoms with Gasteiger partial charge in [-0.3, -0.25) is 4.79 Å². The monoisotopic (exact) mass is 138 g/mol. The SMILES string of the molecule is O=NN1C(=O)C2C=CC1C2. The molecule has 0 spiro atoms. The summed E-state index contributed by atoms with van der Waals surface area (Å²) >= 11 is 0. The van der Waals surface area contributed by atoms with E-state index in [2.05, 4.69) is 5.29 Å². The van der Waals surface area contributed by atoms with Gasteiger partial charge in [-0.05, 0) is 6.42 Å². The van der Waals surface area contributed by atoms with E-state index in [9.17, 15) is 9.70 Å². The number of nitrogens with zero attached hydrogens (tertiary/aromatic N) is 2. The van der Waals surface area contributed by atoms with Crippen molar-refractivity contribution in [2.75, 3.05) is 0 Å².